The molecule has 1 rings (SSSR count). The lowest BCUT2D eigenvalue weighted by atomic mass is 9.88. The summed E-state index contributed by atoms with van der Waals surface area (Å²) in [4.78, 5) is 37.8. The zero-order valence-electron chi connectivity index (χ0n) is 9.38. The minimum absolute atomic E-state index is 0.0969. The van der Waals surface area contributed by atoms with Crippen molar-refractivity contribution in [2.45, 2.75) is 32.6 Å². The lowest BCUT2D eigenvalue weighted by molar-refractivity contribution is -0.136. The summed E-state index contributed by atoms with van der Waals surface area (Å²) in [6.45, 7) is 5.38. The molecule has 3 N–H and O–H groups in total. The number of rotatable bonds is 2. The number of nitrogens with one attached hydrogen (secondary N) is 2. The molecule has 0 saturated heterocycles. The summed E-state index contributed by atoms with van der Waals surface area (Å²) < 4.78 is 0. The maximum absolute atomic E-state index is 11.5. The number of carboxylic acids is 1. The van der Waals surface area contributed by atoms with Gasteiger partial charge in [-0.25, -0.2) is 4.79 Å². The van der Waals surface area contributed by atoms with E-state index in [1.54, 1.807) is 20.8 Å². The van der Waals surface area contributed by atoms with Crippen molar-refractivity contribution in [2.75, 3.05) is 0 Å². The van der Waals surface area contributed by atoms with Gasteiger partial charge in [0.1, 0.15) is 0 Å². The zero-order chi connectivity index (χ0) is 12.5. The van der Waals surface area contributed by atoms with E-state index in [-0.39, 0.29) is 5.56 Å². The lowest BCUT2D eigenvalue weighted by Gasteiger charge is -2.20. The smallest absolute Gasteiger partial charge is 0.325 e. The molecule has 0 amide bonds. The van der Waals surface area contributed by atoms with E-state index in [1.165, 1.54) is 0 Å². The molecular formula is C10H14N2O4. The highest BCUT2D eigenvalue weighted by molar-refractivity contribution is 5.70. The molecule has 0 aliphatic heterocycles. The molecule has 0 fully saturated rings. The number of carboxylic acid groups (broad SMARTS) is 1. The highest BCUT2D eigenvalue weighted by Crippen LogP contribution is 2.20. The number of aromatic amines is 2. The van der Waals surface area contributed by atoms with Crippen molar-refractivity contribution in [3.63, 3.8) is 0 Å². The third-order valence-corrected chi connectivity index (χ3v) is 2.12. The molecule has 1 aromatic rings. The van der Waals surface area contributed by atoms with E-state index in [4.69, 9.17) is 5.11 Å². The van der Waals surface area contributed by atoms with E-state index in [0.29, 0.717) is 5.69 Å². The average Bonchev–Trinajstić information content (AvgIpc) is 2.06. The Kier molecular flexibility index (Phi) is 3.02. The van der Waals surface area contributed by atoms with Crippen LogP contribution in [0.1, 0.15) is 32.0 Å². The molecule has 6 heteroatoms. The maximum Gasteiger partial charge on any atom is 0.325 e. The second-order valence-electron chi connectivity index (χ2n) is 4.58. The Hall–Kier alpha value is -1.85. The zero-order valence-corrected chi connectivity index (χ0v) is 9.38. The van der Waals surface area contributed by atoms with Crippen LogP contribution in [0.25, 0.3) is 0 Å². The molecule has 0 aliphatic carbocycles. The molecular weight excluding hydrogens is 212 g/mol. The highest BCUT2D eigenvalue weighted by Gasteiger charge is 2.23. The van der Waals surface area contributed by atoms with Crippen LogP contribution in [0.3, 0.4) is 0 Å². The van der Waals surface area contributed by atoms with Crippen molar-refractivity contribution in [1.82, 2.24) is 9.97 Å². The predicted molar refractivity (Wildman–Crippen MR) is 57.7 cm³/mol. The van der Waals surface area contributed by atoms with E-state index >= 15 is 0 Å². The van der Waals surface area contributed by atoms with Gasteiger partial charge in [0.25, 0.3) is 5.56 Å². The largest absolute Gasteiger partial charge is 0.481 e. The van der Waals surface area contributed by atoms with Gasteiger partial charge >= 0.3 is 11.7 Å². The molecule has 0 aliphatic rings. The molecule has 1 aromatic heterocycles. The van der Waals surface area contributed by atoms with Crippen LogP contribution in [0.2, 0.25) is 0 Å². The fourth-order valence-electron chi connectivity index (χ4n) is 1.47. The Morgan fingerprint density at radius 3 is 2.25 bits per heavy atom. The highest BCUT2D eigenvalue weighted by atomic mass is 16.4. The van der Waals surface area contributed by atoms with Gasteiger partial charge < -0.3 is 10.1 Å². The van der Waals surface area contributed by atoms with Gasteiger partial charge in [-0.3, -0.25) is 14.6 Å². The molecule has 16 heavy (non-hydrogen) atoms. The first-order valence-electron chi connectivity index (χ1n) is 4.79. The van der Waals surface area contributed by atoms with Gasteiger partial charge in [0.05, 0.1) is 6.42 Å². The van der Waals surface area contributed by atoms with E-state index in [2.05, 4.69) is 4.98 Å². The quantitative estimate of drug-likeness (QED) is 0.659. The van der Waals surface area contributed by atoms with Crippen molar-refractivity contribution in [2.24, 2.45) is 0 Å². The van der Waals surface area contributed by atoms with Crippen molar-refractivity contribution in [3.05, 3.63) is 32.1 Å². The topological polar surface area (TPSA) is 103 Å². The fourth-order valence-corrected chi connectivity index (χ4v) is 1.47. The molecule has 88 valence electrons. The van der Waals surface area contributed by atoms with Crippen LogP contribution in [0.5, 0.6) is 0 Å². The number of hydrogen-bond acceptors (Lipinski definition) is 3. The van der Waals surface area contributed by atoms with E-state index in [1.807, 2.05) is 4.98 Å². The third kappa shape index (κ3) is 2.59. The van der Waals surface area contributed by atoms with E-state index < -0.39 is 29.1 Å². The number of hydrogen-bond donors (Lipinski definition) is 3. The van der Waals surface area contributed by atoms with Crippen LogP contribution in [-0.2, 0) is 16.6 Å². The van der Waals surface area contributed by atoms with Crippen LogP contribution in [0.4, 0.5) is 0 Å². The Bertz CT molecular complexity index is 519. The van der Waals surface area contributed by atoms with Gasteiger partial charge in [0.15, 0.2) is 0 Å². The summed E-state index contributed by atoms with van der Waals surface area (Å²) in [5.41, 5.74) is -1.29. The first kappa shape index (κ1) is 12.2. The SMILES string of the molecule is CC(C)(C)c1[nH]c(=O)[nH]c(=O)c1CC(=O)O. The Labute approximate surface area is 91.3 Å². The van der Waals surface area contributed by atoms with Crippen LogP contribution in [0, 0.1) is 0 Å². The Morgan fingerprint density at radius 1 is 1.25 bits per heavy atom. The van der Waals surface area contributed by atoms with Crippen molar-refractivity contribution in [1.29, 1.82) is 0 Å². The molecule has 0 saturated carbocycles. The third-order valence-electron chi connectivity index (χ3n) is 2.12. The van der Waals surface area contributed by atoms with Crippen LogP contribution < -0.4 is 11.2 Å². The Balaban J connectivity index is 3.51. The number of aromatic nitrogens is 2. The lowest BCUT2D eigenvalue weighted by Crippen LogP contribution is -2.33. The van der Waals surface area contributed by atoms with Crippen molar-refractivity contribution in [3.8, 4) is 0 Å². The minimum atomic E-state index is -1.11. The van der Waals surface area contributed by atoms with Crippen LogP contribution >= 0.6 is 0 Å². The Morgan fingerprint density at radius 2 is 1.81 bits per heavy atom. The molecule has 0 aromatic carbocycles. The van der Waals surface area contributed by atoms with Gasteiger partial charge in [-0.15, -0.1) is 0 Å². The second-order valence-corrected chi connectivity index (χ2v) is 4.58. The molecule has 1 heterocycles. The summed E-state index contributed by atoms with van der Waals surface area (Å²) in [7, 11) is 0. The minimum Gasteiger partial charge on any atom is -0.481 e. The number of aliphatic carboxylic acids is 1. The maximum atomic E-state index is 11.5. The van der Waals surface area contributed by atoms with Gasteiger partial charge in [-0.1, -0.05) is 20.8 Å². The van der Waals surface area contributed by atoms with Crippen LogP contribution in [0.15, 0.2) is 9.59 Å². The summed E-state index contributed by atoms with van der Waals surface area (Å²) in [6, 6.07) is 0. The summed E-state index contributed by atoms with van der Waals surface area (Å²) in [5, 5.41) is 8.71. The summed E-state index contributed by atoms with van der Waals surface area (Å²) in [5.74, 6) is -1.11. The van der Waals surface area contributed by atoms with Crippen molar-refractivity contribution >= 4 is 5.97 Å². The van der Waals surface area contributed by atoms with Gasteiger partial charge in [0, 0.05) is 16.7 Å². The second kappa shape index (κ2) is 3.96. The average molecular weight is 226 g/mol. The molecule has 0 bridgehead atoms. The van der Waals surface area contributed by atoms with Gasteiger partial charge in [0.2, 0.25) is 0 Å². The van der Waals surface area contributed by atoms with Gasteiger partial charge in [-0.2, -0.15) is 0 Å². The standard InChI is InChI=1S/C10H14N2O4/c1-10(2,3)7-5(4-6(13)14)8(15)12-9(16)11-7/h4H2,1-3H3,(H,13,14)(H2,11,12,15,16). The van der Waals surface area contributed by atoms with Crippen molar-refractivity contribution < 1.29 is 9.90 Å². The first-order chi connectivity index (χ1) is 7.21. The molecule has 0 unspecified atom stereocenters. The molecule has 6 nitrogen and oxygen atoms in total. The van der Waals surface area contributed by atoms with Gasteiger partial charge in [-0.05, 0) is 0 Å². The monoisotopic (exact) mass is 226 g/mol. The molecule has 0 spiro atoms. The molecule has 0 radical (unpaired) electrons. The van der Waals surface area contributed by atoms with E-state index in [9.17, 15) is 14.4 Å². The number of H-pyrrole nitrogens is 2. The van der Waals surface area contributed by atoms with Crippen LogP contribution in [-0.4, -0.2) is 21.0 Å². The first-order valence-corrected chi connectivity index (χ1v) is 4.79. The predicted octanol–water partition coefficient (Wildman–Crippen LogP) is -0.0122. The summed E-state index contributed by atoms with van der Waals surface area (Å²) >= 11 is 0. The van der Waals surface area contributed by atoms with E-state index in [0.717, 1.165) is 0 Å². The fraction of sp³-hybridized carbons (Fsp3) is 0.500. The number of carbonyl (C=O) groups is 1. The molecule has 0 atom stereocenters. The summed E-state index contributed by atoms with van der Waals surface area (Å²) in [6.07, 6.45) is -0.404. The normalized spacial score (nSPS) is 11.4.